The smallest absolute Gasteiger partial charge is 0.225 e. The highest BCUT2D eigenvalue weighted by Gasteiger charge is 2.35. The minimum absolute atomic E-state index is 0.265. The number of aliphatic hydroxyl groups excluding tert-OH is 1. The Labute approximate surface area is 93.5 Å². The van der Waals surface area contributed by atoms with Crippen LogP contribution in [0.2, 0.25) is 0 Å². The molecule has 0 spiro atoms. The van der Waals surface area contributed by atoms with E-state index < -0.39 is 0 Å². The molecule has 1 aliphatic heterocycles. The molecule has 1 saturated heterocycles. The van der Waals surface area contributed by atoms with Gasteiger partial charge in [-0.3, -0.25) is 4.79 Å². The summed E-state index contributed by atoms with van der Waals surface area (Å²) in [6.07, 6.45) is 2.62. The minimum Gasteiger partial charge on any atom is -0.391 e. The van der Waals surface area contributed by atoms with E-state index >= 15 is 0 Å². The first-order valence-electron chi connectivity index (χ1n) is 6.24. The molecule has 1 N–H and O–H groups in total. The molecule has 0 bridgehead atoms. The van der Waals surface area contributed by atoms with E-state index in [4.69, 9.17) is 5.11 Å². The standard InChI is InChI=1S/C8H13NO2.2C2H6/c10-7-3-4-9(5-7)8(11)6-1-2-6;2*1-2/h6-7,10H,1-5H2;2*1-2H3. The number of hydrogen-bond donors (Lipinski definition) is 1. The maximum Gasteiger partial charge on any atom is 0.225 e. The Balaban J connectivity index is 0.000000442. The van der Waals surface area contributed by atoms with Gasteiger partial charge in [-0.05, 0) is 19.3 Å². The molecular formula is C12H25NO2. The van der Waals surface area contributed by atoms with Gasteiger partial charge in [0.1, 0.15) is 0 Å². The first-order chi connectivity index (χ1) is 7.27. The van der Waals surface area contributed by atoms with Gasteiger partial charge in [0.2, 0.25) is 5.91 Å². The molecule has 2 rings (SSSR count). The fourth-order valence-electron chi connectivity index (χ4n) is 1.53. The lowest BCUT2D eigenvalue weighted by Gasteiger charge is -2.14. The molecule has 3 nitrogen and oxygen atoms in total. The second-order valence-electron chi connectivity index (χ2n) is 3.50. The highest BCUT2D eigenvalue weighted by atomic mass is 16.3. The van der Waals surface area contributed by atoms with Gasteiger partial charge in [-0.1, -0.05) is 27.7 Å². The van der Waals surface area contributed by atoms with Crippen LogP contribution in [0.1, 0.15) is 47.0 Å². The first kappa shape index (κ1) is 14.4. The third kappa shape index (κ3) is 4.65. The van der Waals surface area contributed by atoms with Gasteiger partial charge in [0.05, 0.1) is 6.10 Å². The Morgan fingerprint density at radius 3 is 2.00 bits per heavy atom. The third-order valence-corrected chi connectivity index (χ3v) is 2.40. The van der Waals surface area contributed by atoms with E-state index in [1.807, 2.05) is 27.7 Å². The maximum atomic E-state index is 11.4. The van der Waals surface area contributed by atoms with Gasteiger partial charge >= 0.3 is 0 Å². The number of β-amino-alcohol motifs (C(OH)–C–C–N with tert-alkyl or cyclic N) is 1. The summed E-state index contributed by atoms with van der Waals surface area (Å²) in [6, 6.07) is 0. The molecule has 90 valence electrons. The SMILES string of the molecule is CC.CC.O=C(C1CC1)N1CCC(O)C1. The summed E-state index contributed by atoms with van der Waals surface area (Å²) >= 11 is 0. The van der Waals surface area contributed by atoms with Crippen LogP contribution in [-0.2, 0) is 4.79 Å². The number of hydrogen-bond acceptors (Lipinski definition) is 2. The average Bonchev–Trinajstić information content (AvgIpc) is 3.06. The summed E-state index contributed by atoms with van der Waals surface area (Å²) in [7, 11) is 0. The van der Waals surface area contributed by atoms with Crippen LogP contribution in [0.15, 0.2) is 0 Å². The second-order valence-corrected chi connectivity index (χ2v) is 3.50. The van der Waals surface area contributed by atoms with E-state index in [0.29, 0.717) is 12.5 Å². The summed E-state index contributed by atoms with van der Waals surface area (Å²) in [4.78, 5) is 13.2. The van der Waals surface area contributed by atoms with Crippen molar-refractivity contribution in [1.82, 2.24) is 4.90 Å². The predicted octanol–water partition coefficient (Wildman–Crippen LogP) is 2.04. The molecule has 1 heterocycles. The molecule has 1 atom stereocenters. The molecular weight excluding hydrogens is 190 g/mol. The van der Waals surface area contributed by atoms with E-state index in [0.717, 1.165) is 25.8 Å². The number of likely N-dealkylation sites (tertiary alicyclic amines) is 1. The number of amides is 1. The van der Waals surface area contributed by atoms with Gasteiger partial charge < -0.3 is 10.0 Å². The van der Waals surface area contributed by atoms with Crippen LogP contribution >= 0.6 is 0 Å². The average molecular weight is 215 g/mol. The lowest BCUT2D eigenvalue weighted by Crippen LogP contribution is -2.30. The first-order valence-corrected chi connectivity index (χ1v) is 6.24. The lowest BCUT2D eigenvalue weighted by molar-refractivity contribution is -0.131. The Morgan fingerprint density at radius 2 is 1.67 bits per heavy atom. The van der Waals surface area contributed by atoms with Crippen molar-refractivity contribution in [2.75, 3.05) is 13.1 Å². The summed E-state index contributed by atoms with van der Waals surface area (Å²) in [5.74, 6) is 0.571. The second kappa shape index (κ2) is 7.69. The Kier molecular flexibility index (Phi) is 7.39. The Morgan fingerprint density at radius 1 is 1.13 bits per heavy atom. The molecule has 0 aromatic heterocycles. The molecule has 3 heteroatoms. The zero-order chi connectivity index (χ0) is 11.8. The molecule has 0 aromatic carbocycles. The summed E-state index contributed by atoms with van der Waals surface area (Å²) in [6.45, 7) is 9.33. The van der Waals surface area contributed by atoms with Crippen molar-refractivity contribution < 1.29 is 9.90 Å². The molecule has 0 aromatic rings. The van der Waals surface area contributed by atoms with E-state index in [9.17, 15) is 4.79 Å². The van der Waals surface area contributed by atoms with Crippen molar-refractivity contribution in [2.24, 2.45) is 5.92 Å². The fraction of sp³-hybridized carbons (Fsp3) is 0.917. The molecule has 1 saturated carbocycles. The lowest BCUT2D eigenvalue weighted by atomic mass is 10.3. The van der Waals surface area contributed by atoms with Crippen LogP contribution in [0.25, 0.3) is 0 Å². The van der Waals surface area contributed by atoms with Crippen molar-refractivity contribution in [3.8, 4) is 0 Å². The number of aliphatic hydroxyl groups is 1. The molecule has 0 radical (unpaired) electrons. The third-order valence-electron chi connectivity index (χ3n) is 2.40. The summed E-state index contributed by atoms with van der Waals surface area (Å²) in [5.41, 5.74) is 0. The van der Waals surface area contributed by atoms with Crippen LogP contribution in [-0.4, -0.2) is 35.1 Å². The quantitative estimate of drug-likeness (QED) is 0.727. The van der Waals surface area contributed by atoms with Crippen LogP contribution in [0.3, 0.4) is 0 Å². The van der Waals surface area contributed by atoms with Crippen molar-refractivity contribution >= 4 is 5.91 Å². The predicted molar refractivity (Wildman–Crippen MR) is 62.6 cm³/mol. The summed E-state index contributed by atoms with van der Waals surface area (Å²) in [5, 5.41) is 9.16. The van der Waals surface area contributed by atoms with Crippen LogP contribution in [0.4, 0.5) is 0 Å². The largest absolute Gasteiger partial charge is 0.391 e. The van der Waals surface area contributed by atoms with Gasteiger partial charge in [0.15, 0.2) is 0 Å². The van der Waals surface area contributed by atoms with E-state index in [-0.39, 0.29) is 12.0 Å². The highest BCUT2D eigenvalue weighted by Crippen LogP contribution is 2.31. The van der Waals surface area contributed by atoms with Crippen molar-refractivity contribution in [1.29, 1.82) is 0 Å². The Bertz CT molecular complexity index is 178. The zero-order valence-corrected chi connectivity index (χ0v) is 10.5. The van der Waals surface area contributed by atoms with Crippen LogP contribution in [0, 0.1) is 5.92 Å². The van der Waals surface area contributed by atoms with E-state index in [1.165, 1.54) is 0 Å². The number of carbonyl (C=O) groups is 1. The van der Waals surface area contributed by atoms with Crippen molar-refractivity contribution in [3.63, 3.8) is 0 Å². The van der Waals surface area contributed by atoms with Gasteiger partial charge in [0, 0.05) is 19.0 Å². The van der Waals surface area contributed by atoms with Crippen LogP contribution < -0.4 is 0 Å². The molecule has 15 heavy (non-hydrogen) atoms. The zero-order valence-electron chi connectivity index (χ0n) is 10.5. The van der Waals surface area contributed by atoms with E-state index in [2.05, 4.69) is 0 Å². The summed E-state index contributed by atoms with van der Waals surface area (Å²) < 4.78 is 0. The topological polar surface area (TPSA) is 40.5 Å². The molecule has 1 aliphatic carbocycles. The van der Waals surface area contributed by atoms with Gasteiger partial charge in [0.25, 0.3) is 0 Å². The van der Waals surface area contributed by atoms with Gasteiger partial charge in [-0.25, -0.2) is 0 Å². The Hall–Kier alpha value is -0.570. The normalized spacial score (nSPS) is 23.5. The highest BCUT2D eigenvalue weighted by molar-refractivity contribution is 5.81. The monoisotopic (exact) mass is 215 g/mol. The van der Waals surface area contributed by atoms with Crippen LogP contribution in [0.5, 0.6) is 0 Å². The molecule has 2 aliphatic rings. The number of nitrogens with zero attached hydrogens (tertiary/aromatic N) is 1. The molecule has 1 unspecified atom stereocenters. The molecule has 2 fully saturated rings. The fourth-order valence-corrected chi connectivity index (χ4v) is 1.53. The minimum atomic E-state index is -0.266. The maximum absolute atomic E-state index is 11.4. The van der Waals surface area contributed by atoms with E-state index in [1.54, 1.807) is 4.90 Å². The number of carbonyl (C=O) groups excluding carboxylic acids is 1. The molecule has 1 amide bonds. The number of rotatable bonds is 1. The van der Waals surface area contributed by atoms with Crippen molar-refractivity contribution in [2.45, 2.75) is 53.1 Å². The van der Waals surface area contributed by atoms with Gasteiger partial charge in [-0.2, -0.15) is 0 Å². The van der Waals surface area contributed by atoms with Crippen molar-refractivity contribution in [3.05, 3.63) is 0 Å². The van der Waals surface area contributed by atoms with Gasteiger partial charge in [-0.15, -0.1) is 0 Å².